The fraction of sp³-hybridized carbons (Fsp3) is 0.176. The van der Waals surface area contributed by atoms with Crippen LogP contribution in [0.25, 0.3) is 0 Å². The van der Waals surface area contributed by atoms with E-state index >= 15 is 0 Å². The molecule has 3 rings (SSSR count). The van der Waals surface area contributed by atoms with Crippen LogP contribution in [0.1, 0.15) is 21.7 Å². The molecule has 0 bridgehead atoms. The first-order chi connectivity index (χ1) is 12.4. The standard InChI is InChI=1S/C17H16FN5O3/c1-11-8-15(21-23(11)9-12-4-2-3-5-13(12)18)19-17(26)14-6-7-22(20-14)10-16(24)25/h2-8H,9-10H2,1H3,(H,24,25)(H,19,21,26). The fourth-order valence-electron chi connectivity index (χ4n) is 2.41. The van der Waals surface area contributed by atoms with Crippen molar-refractivity contribution in [2.75, 3.05) is 5.32 Å². The first kappa shape index (κ1) is 17.3. The largest absolute Gasteiger partial charge is 0.480 e. The molecule has 2 N–H and O–H groups in total. The van der Waals surface area contributed by atoms with Crippen molar-refractivity contribution in [1.82, 2.24) is 19.6 Å². The van der Waals surface area contributed by atoms with E-state index in [0.29, 0.717) is 11.4 Å². The summed E-state index contributed by atoms with van der Waals surface area (Å²) in [7, 11) is 0. The predicted molar refractivity (Wildman–Crippen MR) is 90.3 cm³/mol. The minimum atomic E-state index is -1.05. The molecule has 0 fully saturated rings. The summed E-state index contributed by atoms with van der Waals surface area (Å²) in [5.74, 6) is -1.58. The van der Waals surface area contributed by atoms with Gasteiger partial charge in [0, 0.05) is 23.5 Å². The van der Waals surface area contributed by atoms with Gasteiger partial charge in [0.25, 0.3) is 5.91 Å². The molecule has 0 aliphatic rings. The molecule has 1 aromatic carbocycles. The van der Waals surface area contributed by atoms with Crippen LogP contribution < -0.4 is 5.32 Å². The Kier molecular flexibility index (Phi) is 4.78. The SMILES string of the molecule is Cc1cc(NC(=O)c2ccn(CC(=O)O)n2)nn1Cc1ccccc1F. The first-order valence-corrected chi connectivity index (χ1v) is 7.77. The molecule has 26 heavy (non-hydrogen) atoms. The van der Waals surface area contributed by atoms with Gasteiger partial charge in [0.05, 0.1) is 6.54 Å². The minimum Gasteiger partial charge on any atom is -0.480 e. The number of carboxylic acids is 1. The van der Waals surface area contributed by atoms with E-state index in [2.05, 4.69) is 15.5 Å². The molecule has 3 aromatic rings. The van der Waals surface area contributed by atoms with Crippen molar-refractivity contribution in [3.63, 3.8) is 0 Å². The van der Waals surface area contributed by atoms with E-state index in [1.807, 2.05) is 0 Å². The van der Waals surface area contributed by atoms with Crippen LogP contribution in [0.2, 0.25) is 0 Å². The average molecular weight is 357 g/mol. The normalized spacial score (nSPS) is 10.7. The van der Waals surface area contributed by atoms with E-state index in [0.717, 1.165) is 10.4 Å². The van der Waals surface area contributed by atoms with Gasteiger partial charge in [-0.1, -0.05) is 18.2 Å². The van der Waals surface area contributed by atoms with Crippen LogP contribution in [0.3, 0.4) is 0 Å². The van der Waals surface area contributed by atoms with Gasteiger partial charge in [0.15, 0.2) is 11.5 Å². The van der Waals surface area contributed by atoms with Gasteiger partial charge < -0.3 is 10.4 Å². The van der Waals surface area contributed by atoms with Crippen LogP contribution in [-0.2, 0) is 17.9 Å². The van der Waals surface area contributed by atoms with Crippen molar-refractivity contribution >= 4 is 17.7 Å². The molecule has 0 radical (unpaired) electrons. The van der Waals surface area contributed by atoms with E-state index in [9.17, 15) is 14.0 Å². The highest BCUT2D eigenvalue weighted by Crippen LogP contribution is 2.14. The molecule has 0 atom stereocenters. The number of nitrogens with one attached hydrogen (secondary N) is 1. The Labute approximate surface area is 147 Å². The molecule has 0 aliphatic carbocycles. The van der Waals surface area contributed by atoms with Crippen molar-refractivity contribution in [3.8, 4) is 0 Å². The lowest BCUT2D eigenvalue weighted by Gasteiger charge is -2.05. The number of aliphatic carboxylic acids is 1. The maximum absolute atomic E-state index is 13.8. The number of anilines is 1. The topological polar surface area (TPSA) is 102 Å². The lowest BCUT2D eigenvalue weighted by atomic mass is 10.2. The molecule has 0 spiro atoms. The molecular weight excluding hydrogens is 341 g/mol. The maximum Gasteiger partial charge on any atom is 0.325 e. The van der Waals surface area contributed by atoms with Gasteiger partial charge in [0.1, 0.15) is 12.4 Å². The van der Waals surface area contributed by atoms with Gasteiger partial charge in [-0.25, -0.2) is 4.39 Å². The van der Waals surface area contributed by atoms with Gasteiger partial charge in [-0.15, -0.1) is 0 Å². The Balaban J connectivity index is 1.71. The van der Waals surface area contributed by atoms with E-state index in [4.69, 9.17) is 5.11 Å². The second-order valence-electron chi connectivity index (χ2n) is 5.67. The number of aryl methyl sites for hydroxylation is 1. The van der Waals surface area contributed by atoms with Crippen LogP contribution in [-0.4, -0.2) is 36.5 Å². The van der Waals surface area contributed by atoms with Gasteiger partial charge in [-0.2, -0.15) is 10.2 Å². The summed E-state index contributed by atoms with van der Waals surface area (Å²) in [5.41, 5.74) is 1.32. The van der Waals surface area contributed by atoms with Crippen LogP contribution in [0.15, 0.2) is 42.6 Å². The number of hydrogen-bond donors (Lipinski definition) is 2. The molecule has 2 aromatic heterocycles. The quantitative estimate of drug-likeness (QED) is 0.702. The van der Waals surface area contributed by atoms with E-state index in [-0.39, 0.29) is 24.6 Å². The second kappa shape index (κ2) is 7.18. The number of rotatable bonds is 6. The number of aromatic nitrogens is 4. The molecule has 0 saturated carbocycles. The van der Waals surface area contributed by atoms with Gasteiger partial charge >= 0.3 is 5.97 Å². The number of nitrogens with zero attached hydrogens (tertiary/aromatic N) is 4. The van der Waals surface area contributed by atoms with E-state index in [1.165, 1.54) is 18.3 Å². The van der Waals surface area contributed by atoms with Gasteiger partial charge in [-0.05, 0) is 19.1 Å². The Hall–Kier alpha value is -3.49. The third-order valence-corrected chi connectivity index (χ3v) is 3.67. The Morgan fingerprint density at radius 1 is 1.23 bits per heavy atom. The number of carbonyl (C=O) groups excluding carboxylic acids is 1. The van der Waals surface area contributed by atoms with Crippen molar-refractivity contribution in [3.05, 3.63) is 65.4 Å². The van der Waals surface area contributed by atoms with Crippen molar-refractivity contribution in [2.45, 2.75) is 20.0 Å². The fourth-order valence-corrected chi connectivity index (χ4v) is 2.41. The predicted octanol–water partition coefficient (Wildman–Crippen LogP) is 1.91. The average Bonchev–Trinajstić information content (AvgIpc) is 3.16. The Bertz CT molecular complexity index is 963. The van der Waals surface area contributed by atoms with Crippen LogP contribution >= 0.6 is 0 Å². The summed E-state index contributed by atoms with van der Waals surface area (Å²) in [5, 5.41) is 19.5. The van der Waals surface area contributed by atoms with Crippen molar-refractivity contribution in [2.24, 2.45) is 0 Å². The monoisotopic (exact) mass is 357 g/mol. The van der Waals surface area contributed by atoms with Gasteiger partial charge in [0.2, 0.25) is 0 Å². The lowest BCUT2D eigenvalue weighted by Crippen LogP contribution is -2.15. The lowest BCUT2D eigenvalue weighted by molar-refractivity contribution is -0.137. The second-order valence-corrected chi connectivity index (χ2v) is 5.67. The van der Waals surface area contributed by atoms with Crippen LogP contribution in [0.4, 0.5) is 10.2 Å². The van der Waals surface area contributed by atoms with E-state index in [1.54, 1.807) is 35.9 Å². The molecule has 134 valence electrons. The zero-order valence-corrected chi connectivity index (χ0v) is 13.9. The Morgan fingerprint density at radius 2 is 2.00 bits per heavy atom. The summed E-state index contributed by atoms with van der Waals surface area (Å²) in [4.78, 5) is 22.9. The number of hydrogen-bond acceptors (Lipinski definition) is 4. The molecule has 0 saturated heterocycles. The molecule has 0 aliphatic heterocycles. The first-order valence-electron chi connectivity index (χ1n) is 7.77. The van der Waals surface area contributed by atoms with Crippen molar-refractivity contribution in [1.29, 1.82) is 0 Å². The van der Waals surface area contributed by atoms with Crippen LogP contribution in [0, 0.1) is 12.7 Å². The summed E-state index contributed by atoms with van der Waals surface area (Å²) in [6.45, 7) is 1.70. The molecule has 9 heteroatoms. The number of carbonyl (C=O) groups is 2. The molecule has 0 unspecified atom stereocenters. The molecule has 1 amide bonds. The summed E-state index contributed by atoms with van der Waals surface area (Å²) in [6, 6.07) is 9.49. The highest BCUT2D eigenvalue weighted by molar-refractivity contribution is 6.02. The van der Waals surface area contributed by atoms with Crippen molar-refractivity contribution < 1.29 is 19.1 Å². The summed E-state index contributed by atoms with van der Waals surface area (Å²) < 4.78 is 16.5. The molecule has 2 heterocycles. The molecular formula is C17H16FN5O3. The van der Waals surface area contributed by atoms with E-state index < -0.39 is 11.9 Å². The third kappa shape index (κ3) is 3.94. The van der Waals surface area contributed by atoms with Gasteiger partial charge in [-0.3, -0.25) is 19.0 Å². The third-order valence-electron chi connectivity index (χ3n) is 3.67. The Morgan fingerprint density at radius 3 is 2.73 bits per heavy atom. The zero-order chi connectivity index (χ0) is 18.7. The number of carboxylic acid groups (broad SMARTS) is 1. The number of amides is 1. The number of benzene rings is 1. The summed E-state index contributed by atoms with van der Waals surface area (Å²) >= 11 is 0. The minimum absolute atomic E-state index is 0.0764. The highest BCUT2D eigenvalue weighted by atomic mass is 19.1. The zero-order valence-electron chi connectivity index (χ0n) is 13.9. The maximum atomic E-state index is 13.8. The number of halogens is 1. The smallest absolute Gasteiger partial charge is 0.325 e. The van der Waals surface area contributed by atoms with Crippen LogP contribution in [0.5, 0.6) is 0 Å². The summed E-state index contributed by atoms with van der Waals surface area (Å²) in [6.07, 6.45) is 1.41. The molecule has 8 nitrogen and oxygen atoms in total. The highest BCUT2D eigenvalue weighted by Gasteiger charge is 2.14.